The summed E-state index contributed by atoms with van der Waals surface area (Å²) < 4.78 is 5.22. The quantitative estimate of drug-likeness (QED) is 0.398. The van der Waals surface area contributed by atoms with Crippen molar-refractivity contribution in [3.8, 4) is 28.1 Å². The molecule has 4 aromatic rings. The number of carbonyl (C=O) groups is 1. The topological polar surface area (TPSA) is 67.3 Å². The molecule has 1 amide bonds. The molecular weight excluding hydrogens is 436 g/mol. The third-order valence-corrected chi connectivity index (χ3v) is 6.50. The predicted octanol–water partition coefficient (Wildman–Crippen LogP) is 5.67. The molecule has 0 radical (unpaired) electrons. The maximum Gasteiger partial charge on any atom is 0.227 e. The van der Waals surface area contributed by atoms with E-state index in [0.717, 1.165) is 65.6 Å². The number of ether oxygens (including phenoxy) is 1. The molecule has 0 aliphatic carbocycles. The maximum absolute atomic E-state index is 13.1. The highest BCUT2D eigenvalue weighted by molar-refractivity contribution is 5.96. The molecule has 3 aromatic carbocycles. The van der Waals surface area contributed by atoms with E-state index in [4.69, 9.17) is 4.74 Å². The van der Waals surface area contributed by atoms with Crippen LogP contribution >= 0.6 is 0 Å². The third kappa shape index (κ3) is 5.17. The number of amides is 1. The second-order valence-corrected chi connectivity index (χ2v) is 8.67. The monoisotopic (exact) mass is 464 g/mol. The van der Waals surface area contributed by atoms with Gasteiger partial charge in [-0.25, -0.2) is 0 Å². The van der Waals surface area contributed by atoms with E-state index in [1.54, 1.807) is 7.11 Å². The number of hydrogen-bond donors (Lipinski definition) is 1. The van der Waals surface area contributed by atoms with E-state index in [1.807, 2.05) is 78.9 Å². The molecule has 0 unspecified atom stereocenters. The third-order valence-electron chi connectivity index (χ3n) is 6.50. The van der Waals surface area contributed by atoms with Gasteiger partial charge in [-0.2, -0.15) is 0 Å². The minimum atomic E-state index is -0.0263. The number of aromatic nitrogens is 2. The highest BCUT2D eigenvalue weighted by Gasteiger charge is 2.26. The number of benzene rings is 3. The summed E-state index contributed by atoms with van der Waals surface area (Å²) in [6.45, 7) is 1.55. The lowest BCUT2D eigenvalue weighted by molar-refractivity contribution is -0.120. The number of piperidine rings is 1. The highest BCUT2D eigenvalue weighted by atomic mass is 16.5. The van der Waals surface area contributed by atoms with Gasteiger partial charge in [0.15, 0.2) is 5.82 Å². The zero-order chi connectivity index (χ0) is 24.0. The fourth-order valence-corrected chi connectivity index (χ4v) is 4.48. The SMILES string of the molecule is COc1ccc(-c2ccc(N3CCC(C(=O)Nc4ccccc4-c4ccccc4)CC3)nn2)cc1. The molecular formula is C29H28N4O2. The number of para-hydroxylation sites is 1. The Bertz CT molecular complexity index is 1270. The van der Waals surface area contributed by atoms with Crippen molar-refractivity contribution in [2.45, 2.75) is 12.8 Å². The van der Waals surface area contributed by atoms with Crippen LogP contribution in [0.15, 0.2) is 91.0 Å². The van der Waals surface area contributed by atoms with Crippen molar-refractivity contribution >= 4 is 17.4 Å². The first-order valence-electron chi connectivity index (χ1n) is 11.9. The molecule has 176 valence electrons. The number of carbonyl (C=O) groups excluding carboxylic acids is 1. The molecule has 0 bridgehead atoms. The van der Waals surface area contributed by atoms with Gasteiger partial charge in [0.05, 0.1) is 12.8 Å². The summed E-state index contributed by atoms with van der Waals surface area (Å²) in [5.41, 5.74) is 4.80. The van der Waals surface area contributed by atoms with Crippen LogP contribution in [0.4, 0.5) is 11.5 Å². The fraction of sp³-hybridized carbons (Fsp3) is 0.207. The summed E-state index contributed by atoms with van der Waals surface area (Å²) in [4.78, 5) is 15.3. The molecule has 0 atom stereocenters. The molecule has 5 rings (SSSR count). The number of rotatable bonds is 6. The Labute approximate surface area is 205 Å². The average Bonchev–Trinajstić information content (AvgIpc) is 2.94. The molecule has 35 heavy (non-hydrogen) atoms. The van der Waals surface area contributed by atoms with E-state index in [-0.39, 0.29) is 11.8 Å². The molecule has 1 fully saturated rings. The number of methoxy groups -OCH3 is 1. The first-order valence-corrected chi connectivity index (χ1v) is 11.9. The highest BCUT2D eigenvalue weighted by Crippen LogP contribution is 2.30. The lowest BCUT2D eigenvalue weighted by atomic mass is 9.95. The average molecular weight is 465 g/mol. The molecule has 0 saturated carbocycles. The molecule has 2 heterocycles. The maximum atomic E-state index is 13.1. The first kappa shape index (κ1) is 22.6. The molecule has 1 aliphatic rings. The van der Waals surface area contributed by atoms with Crippen LogP contribution in [-0.2, 0) is 4.79 Å². The first-order chi connectivity index (χ1) is 17.2. The summed E-state index contributed by atoms with van der Waals surface area (Å²) in [5.74, 6) is 1.71. The summed E-state index contributed by atoms with van der Waals surface area (Å²) in [5, 5.41) is 12.0. The Morgan fingerprint density at radius 2 is 1.54 bits per heavy atom. The smallest absolute Gasteiger partial charge is 0.227 e. The summed E-state index contributed by atoms with van der Waals surface area (Å²) >= 11 is 0. The van der Waals surface area contributed by atoms with Gasteiger partial charge in [0.2, 0.25) is 5.91 Å². The van der Waals surface area contributed by atoms with Crippen molar-refractivity contribution in [3.05, 3.63) is 91.0 Å². The van der Waals surface area contributed by atoms with Gasteiger partial charge in [-0.15, -0.1) is 10.2 Å². The van der Waals surface area contributed by atoms with Gasteiger partial charge < -0.3 is 15.0 Å². The number of nitrogens with one attached hydrogen (secondary N) is 1. The summed E-state index contributed by atoms with van der Waals surface area (Å²) in [6, 6.07) is 29.9. The Kier molecular flexibility index (Phi) is 6.70. The van der Waals surface area contributed by atoms with Gasteiger partial charge in [0, 0.05) is 35.8 Å². The van der Waals surface area contributed by atoms with E-state index in [2.05, 4.69) is 32.5 Å². The number of hydrogen-bond acceptors (Lipinski definition) is 5. The minimum absolute atomic E-state index is 0.0263. The van der Waals surface area contributed by atoms with E-state index in [0.29, 0.717) is 0 Å². The van der Waals surface area contributed by atoms with Crippen LogP contribution in [0.5, 0.6) is 5.75 Å². The Morgan fingerprint density at radius 3 is 2.23 bits per heavy atom. The number of anilines is 2. The lowest BCUT2D eigenvalue weighted by Crippen LogP contribution is -2.38. The van der Waals surface area contributed by atoms with Crippen LogP contribution < -0.4 is 15.0 Å². The van der Waals surface area contributed by atoms with E-state index in [1.165, 1.54) is 0 Å². The van der Waals surface area contributed by atoms with Crippen molar-refractivity contribution in [1.82, 2.24) is 10.2 Å². The molecule has 0 spiro atoms. The van der Waals surface area contributed by atoms with Crippen LogP contribution in [0.1, 0.15) is 12.8 Å². The van der Waals surface area contributed by atoms with Gasteiger partial charge in [0.1, 0.15) is 5.75 Å². The molecule has 1 aromatic heterocycles. The molecule has 1 aliphatic heterocycles. The van der Waals surface area contributed by atoms with Crippen molar-refractivity contribution in [2.75, 3.05) is 30.4 Å². The minimum Gasteiger partial charge on any atom is -0.497 e. The van der Waals surface area contributed by atoms with Crippen LogP contribution in [-0.4, -0.2) is 36.3 Å². The largest absolute Gasteiger partial charge is 0.497 e. The second-order valence-electron chi connectivity index (χ2n) is 8.67. The molecule has 6 nitrogen and oxygen atoms in total. The molecule has 1 N–H and O–H groups in total. The molecule has 6 heteroatoms. The van der Waals surface area contributed by atoms with Crippen LogP contribution in [0.3, 0.4) is 0 Å². The fourth-order valence-electron chi connectivity index (χ4n) is 4.48. The summed E-state index contributed by atoms with van der Waals surface area (Å²) in [6.07, 6.45) is 1.56. The van der Waals surface area contributed by atoms with E-state index in [9.17, 15) is 4.79 Å². The summed E-state index contributed by atoms with van der Waals surface area (Å²) in [7, 11) is 1.65. The second kappa shape index (κ2) is 10.4. The Balaban J connectivity index is 1.20. The number of nitrogens with zero attached hydrogens (tertiary/aromatic N) is 3. The normalized spacial score (nSPS) is 13.9. The van der Waals surface area contributed by atoms with Gasteiger partial charge in [-0.1, -0.05) is 48.5 Å². The van der Waals surface area contributed by atoms with Gasteiger partial charge >= 0.3 is 0 Å². The van der Waals surface area contributed by atoms with E-state index < -0.39 is 0 Å². The van der Waals surface area contributed by atoms with Crippen LogP contribution in [0.2, 0.25) is 0 Å². The lowest BCUT2D eigenvalue weighted by Gasteiger charge is -2.32. The van der Waals surface area contributed by atoms with Gasteiger partial charge in [0.25, 0.3) is 0 Å². The van der Waals surface area contributed by atoms with Crippen molar-refractivity contribution in [1.29, 1.82) is 0 Å². The van der Waals surface area contributed by atoms with Gasteiger partial charge in [-0.3, -0.25) is 4.79 Å². The molecule has 1 saturated heterocycles. The van der Waals surface area contributed by atoms with Crippen molar-refractivity contribution in [3.63, 3.8) is 0 Å². The zero-order valence-electron chi connectivity index (χ0n) is 19.7. The van der Waals surface area contributed by atoms with Crippen LogP contribution in [0.25, 0.3) is 22.4 Å². The van der Waals surface area contributed by atoms with Gasteiger partial charge in [-0.05, 0) is 60.9 Å². The van der Waals surface area contributed by atoms with Crippen molar-refractivity contribution in [2.24, 2.45) is 5.92 Å². The standard InChI is InChI=1S/C29H28N4O2/c1-35-24-13-11-22(12-14-24)26-15-16-28(32-31-26)33-19-17-23(18-20-33)29(34)30-27-10-6-5-9-25(27)21-7-3-2-4-8-21/h2-16,23H,17-20H2,1H3,(H,30,34). The Hall–Kier alpha value is -4.19. The van der Waals surface area contributed by atoms with Crippen molar-refractivity contribution < 1.29 is 9.53 Å². The van der Waals surface area contributed by atoms with Crippen LogP contribution in [0, 0.1) is 5.92 Å². The Morgan fingerprint density at radius 1 is 0.829 bits per heavy atom. The predicted molar refractivity (Wildman–Crippen MR) is 139 cm³/mol. The van der Waals surface area contributed by atoms with E-state index >= 15 is 0 Å². The zero-order valence-corrected chi connectivity index (χ0v) is 19.7.